The molecule has 8 heteroatoms. The Morgan fingerprint density at radius 1 is 1.24 bits per heavy atom. The van der Waals surface area contributed by atoms with E-state index < -0.39 is 15.9 Å². The zero-order valence-corrected chi connectivity index (χ0v) is 11.8. The molecule has 1 aromatic carbocycles. The molecule has 1 amide bonds. The van der Waals surface area contributed by atoms with Gasteiger partial charge in [-0.2, -0.15) is 5.26 Å². The fourth-order valence-corrected chi connectivity index (χ4v) is 2.41. The van der Waals surface area contributed by atoms with E-state index in [0.717, 1.165) is 0 Å². The van der Waals surface area contributed by atoms with Gasteiger partial charge in [0, 0.05) is 0 Å². The van der Waals surface area contributed by atoms with Crippen LogP contribution in [0.5, 0.6) is 0 Å². The van der Waals surface area contributed by atoms with Crippen molar-refractivity contribution in [3.8, 4) is 6.07 Å². The molecule has 0 saturated carbocycles. The first kappa shape index (κ1) is 14.8. The number of nitrogens with one attached hydrogen (secondary N) is 2. The highest BCUT2D eigenvalue weighted by Crippen LogP contribution is 2.10. The number of aryl methyl sites for hydroxylation is 1. The van der Waals surface area contributed by atoms with Crippen molar-refractivity contribution < 1.29 is 17.6 Å². The Balaban J connectivity index is 2.09. The maximum atomic E-state index is 12.0. The normalized spacial score (nSPS) is 10.9. The van der Waals surface area contributed by atoms with Crippen molar-refractivity contribution in [3.05, 3.63) is 53.5 Å². The molecule has 1 heterocycles. The van der Waals surface area contributed by atoms with Crippen LogP contribution in [0.3, 0.4) is 0 Å². The first-order chi connectivity index (χ1) is 9.94. The summed E-state index contributed by atoms with van der Waals surface area (Å²) in [5.74, 6) is -0.247. The van der Waals surface area contributed by atoms with Crippen LogP contribution in [0.2, 0.25) is 0 Å². The number of sulfonamides is 1. The number of nitriles is 1. The minimum absolute atomic E-state index is 0.0642. The Morgan fingerprint density at radius 2 is 1.90 bits per heavy atom. The lowest BCUT2D eigenvalue weighted by Gasteiger charge is -2.08. The lowest BCUT2D eigenvalue weighted by Crippen LogP contribution is -2.41. The highest BCUT2D eigenvalue weighted by molar-refractivity contribution is 7.89. The monoisotopic (exact) mass is 305 g/mol. The third-order valence-corrected chi connectivity index (χ3v) is 3.96. The zero-order chi connectivity index (χ0) is 15.5. The van der Waals surface area contributed by atoms with Crippen molar-refractivity contribution in [3.63, 3.8) is 0 Å². The van der Waals surface area contributed by atoms with E-state index in [1.54, 1.807) is 6.92 Å². The Morgan fingerprint density at radius 3 is 2.43 bits per heavy atom. The summed E-state index contributed by atoms with van der Waals surface area (Å²) in [7, 11) is -3.91. The van der Waals surface area contributed by atoms with Crippen molar-refractivity contribution >= 4 is 15.9 Å². The van der Waals surface area contributed by atoms with Crippen LogP contribution in [-0.2, 0) is 10.0 Å². The van der Waals surface area contributed by atoms with Gasteiger partial charge < -0.3 is 4.42 Å². The van der Waals surface area contributed by atoms with Crippen LogP contribution in [0, 0.1) is 18.3 Å². The van der Waals surface area contributed by atoms with Gasteiger partial charge >= 0.3 is 0 Å². The number of carbonyl (C=O) groups is 1. The van der Waals surface area contributed by atoms with Gasteiger partial charge in [0.2, 0.25) is 0 Å². The maximum absolute atomic E-state index is 12.0. The zero-order valence-electron chi connectivity index (χ0n) is 11.0. The van der Waals surface area contributed by atoms with E-state index in [1.165, 1.54) is 36.6 Å². The summed E-state index contributed by atoms with van der Waals surface area (Å²) in [6.07, 6.45) is 1.33. The predicted octanol–water partition coefficient (Wildman–Crippen LogP) is 1.08. The SMILES string of the molecule is Cc1occc1C(=O)NNS(=O)(=O)c1ccc(C#N)cc1. The van der Waals surface area contributed by atoms with Crippen molar-refractivity contribution in [2.75, 3.05) is 0 Å². The number of amides is 1. The third kappa shape index (κ3) is 3.28. The standard InChI is InChI=1S/C13H11N3O4S/c1-9-12(6-7-20-9)13(17)15-16-21(18,19)11-4-2-10(8-14)3-5-11/h2-7,16H,1H3,(H,15,17). The molecule has 0 radical (unpaired) electrons. The fraction of sp³-hybridized carbons (Fsp3) is 0.0769. The van der Waals surface area contributed by atoms with Gasteiger partial charge in [-0.05, 0) is 37.3 Å². The minimum atomic E-state index is -3.91. The van der Waals surface area contributed by atoms with E-state index in [2.05, 4.69) is 5.43 Å². The summed E-state index contributed by atoms with van der Waals surface area (Å²) >= 11 is 0. The Bertz CT molecular complexity index is 801. The van der Waals surface area contributed by atoms with Crippen LogP contribution in [0.1, 0.15) is 21.7 Å². The quantitative estimate of drug-likeness (QED) is 0.821. The number of benzene rings is 1. The van der Waals surface area contributed by atoms with Crippen LogP contribution in [0.4, 0.5) is 0 Å². The summed E-state index contributed by atoms with van der Waals surface area (Å²) in [5, 5.41) is 8.66. The molecule has 2 rings (SSSR count). The van der Waals surface area contributed by atoms with Crippen molar-refractivity contribution in [1.82, 2.24) is 10.3 Å². The molecular weight excluding hydrogens is 294 g/mol. The summed E-state index contributed by atoms with van der Waals surface area (Å²) in [5.41, 5.74) is 2.66. The van der Waals surface area contributed by atoms with Gasteiger partial charge in [-0.25, -0.2) is 8.42 Å². The highest BCUT2D eigenvalue weighted by Gasteiger charge is 2.17. The van der Waals surface area contributed by atoms with Crippen molar-refractivity contribution in [2.24, 2.45) is 0 Å². The molecule has 0 aliphatic carbocycles. The lowest BCUT2D eigenvalue weighted by atomic mass is 10.2. The topological polar surface area (TPSA) is 112 Å². The first-order valence-corrected chi connectivity index (χ1v) is 7.29. The summed E-state index contributed by atoms with van der Waals surface area (Å²) in [6.45, 7) is 1.59. The van der Waals surface area contributed by atoms with E-state index in [1.807, 2.05) is 10.9 Å². The second-order valence-corrected chi connectivity index (χ2v) is 5.77. The van der Waals surface area contributed by atoms with Crippen molar-refractivity contribution in [2.45, 2.75) is 11.8 Å². The first-order valence-electron chi connectivity index (χ1n) is 5.80. The van der Waals surface area contributed by atoms with Crippen LogP contribution in [0.25, 0.3) is 0 Å². The molecule has 2 aromatic rings. The predicted molar refractivity (Wildman–Crippen MR) is 72.4 cm³/mol. The molecule has 0 saturated heterocycles. The average Bonchev–Trinajstić information content (AvgIpc) is 2.91. The van der Waals surface area contributed by atoms with Crippen LogP contribution in [-0.4, -0.2) is 14.3 Å². The Kier molecular flexibility index (Phi) is 4.07. The lowest BCUT2D eigenvalue weighted by molar-refractivity contribution is 0.0943. The number of furan rings is 1. The van der Waals surface area contributed by atoms with Gasteiger partial charge in [-0.3, -0.25) is 10.2 Å². The van der Waals surface area contributed by atoms with Gasteiger partial charge in [0.05, 0.1) is 28.4 Å². The fourth-order valence-electron chi connectivity index (χ4n) is 1.57. The molecule has 2 N–H and O–H groups in total. The molecular formula is C13H11N3O4S. The average molecular weight is 305 g/mol. The van der Waals surface area contributed by atoms with Gasteiger partial charge in [0.15, 0.2) is 0 Å². The highest BCUT2D eigenvalue weighted by atomic mass is 32.2. The smallest absolute Gasteiger partial charge is 0.269 e. The number of carbonyl (C=O) groups excluding carboxylic acids is 1. The summed E-state index contributed by atoms with van der Waals surface area (Å²) in [6, 6.07) is 8.61. The number of hydrogen-bond donors (Lipinski definition) is 2. The van der Waals surface area contributed by atoms with E-state index in [0.29, 0.717) is 11.3 Å². The molecule has 108 valence electrons. The van der Waals surface area contributed by atoms with Gasteiger partial charge in [0.25, 0.3) is 15.9 Å². The largest absolute Gasteiger partial charge is 0.469 e. The van der Waals surface area contributed by atoms with E-state index in [-0.39, 0.29) is 10.5 Å². The van der Waals surface area contributed by atoms with Crippen LogP contribution in [0.15, 0.2) is 45.9 Å². The Labute approximate surface area is 121 Å². The summed E-state index contributed by atoms with van der Waals surface area (Å²) in [4.78, 5) is 13.7. The third-order valence-electron chi connectivity index (χ3n) is 2.70. The molecule has 0 bridgehead atoms. The van der Waals surface area contributed by atoms with Crippen LogP contribution >= 0.6 is 0 Å². The minimum Gasteiger partial charge on any atom is -0.469 e. The second kappa shape index (κ2) is 5.78. The molecule has 0 fully saturated rings. The number of hydrogen-bond acceptors (Lipinski definition) is 5. The molecule has 1 aromatic heterocycles. The molecule has 0 spiro atoms. The molecule has 0 atom stereocenters. The van der Waals surface area contributed by atoms with Crippen LogP contribution < -0.4 is 10.3 Å². The number of hydrazine groups is 1. The van der Waals surface area contributed by atoms with Gasteiger partial charge in [-0.1, -0.05) is 0 Å². The van der Waals surface area contributed by atoms with E-state index in [9.17, 15) is 13.2 Å². The Hall–Kier alpha value is -2.63. The second-order valence-electron chi connectivity index (χ2n) is 4.09. The molecule has 21 heavy (non-hydrogen) atoms. The van der Waals surface area contributed by atoms with Gasteiger partial charge in [-0.15, -0.1) is 4.83 Å². The van der Waals surface area contributed by atoms with E-state index in [4.69, 9.17) is 9.68 Å². The van der Waals surface area contributed by atoms with Gasteiger partial charge in [0.1, 0.15) is 5.76 Å². The summed E-state index contributed by atoms with van der Waals surface area (Å²) < 4.78 is 28.9. The number of rotatable bonds is 4. The molecule has 0 aliphatic heterocycles. The number of nitrogens with zero attached hydrogens (tertiary/aromatic N) is 1. The molecule has 7 nitrogen and oxygen atoms in total. The molecule has 0 aliphatic rings. The molecule has 0 unspecified atom stereocenters. The van der Waals surface area contributed by atoms with Crippen molar-refractivity contribution in [1.29, 1.82) is 5.26 Å². The van der Waals surface area contributed by atoms with E-state index >= 15 is 0 Å². The maximum Gasteiger partial charge on any atom is 0.269 e.